The zero-order valence-corrected chi connectivity index (χ0v) is 20.1. The van der Waals surface area contributed by atoms with Crippen LogP contribution in [0.3, 0.4) is 0 Å². The lowest BCUT2D eigenvalue weighted by molar-refractivity contribution is 0.127. The van der Waals surface area contributed by atoms with Gasteiger partial charge in [0.25, 0.3) is 0 Å². The van der Waals surface area contributed by atoms with Gasteiger partial charge in [-0.3, -0.25) is 0 Å². The van der Waals surface area contributed by atoms with Crippen LogP contribution in [0, 0.1) is 11.8 Å². The molecule has 2 rings (SSSR count). The third-order valence-corrected chi connectivity index (χ3v) is 7.01. The van der Waals surface area contributed by atoms with Crippen molar-refractivity contribution in [1.82, 2.24) is 0 Å². The Bertz CT molecular complexity index is 909. The van der Waals surface area contributed by atoms with E-state index in [9.17, 15) is 8.42 Å². The van der Waals surface area contributed by atoms with Gasteiger partial charge in [-0.25, -0.2) is 8.42 Å². The minimum Gasteiger partial charge on any atom is -0.493 e. The predicted molar refractivity (Wildman–Crippen MR) is 120 cm³/mol. The number of methoxy groups -OCH3 is 1. The van der Waals surface area contributed by atoms with E-state index < -0.39 is 9.84 Å². The molecule has 0 unspecified atom stereocenters. The smallest absolute Gasteiger partial charge is 0.206 e. The molecule has 0 aliphatic heterocycles. The number of hydrogen-bond acceptors (Lipinski definition) is 5. The standard InChI is InChI=1S/C21H25Cl3O5S/c1-14(10-22)12-29-21-19(23)8-18(9-20(21)24)30(25,26)17-6-4-16(5-7-17)28-13-15(2)11-27-3/h4-9,14-15H,10-13H2,1-3H3/t14-,15+/m0/s1. The summed E-state index contributed by atoms with van der Waals surface area (Å²) in [4.78, 5) is 0.0916. The highest BCUT2D eigenvalue weighted by atomic mass is 35.5. The molecule has 0 saturated carbocycles. The van der Waals surface area contributed by atoms with E-state index in [1.807, 2.05) is 13.8 Å². The first kappa shape index (κ1) is 25.1. The van der Waals surface area contributed by atoms with Gasteiger partial charge in [0.15, 0.2) is 5.75 Å². The highest BCUT2D eigenvalue weighted by molar-refractivity contribution is 7.91. The molecule has 0 bridgehead atoms. The van der Waals surface area contributed by atoms with Crippen molar-refractivity contribution in [3.05, 3.63) is 46.4 Å². The van der Waals surface area contributed by atoms with E-state index in [4.69, 9.17) is 49.0 Å². The van der Waals surface area contributed by atoms with Gasteiger partial charge in [0.2, 0.25) is 9.84 Å². The van der Waals surface area contributed by atoms with Crippen LogP contribution >= 0.6 is 34.8 Å². The van der Waals surface area contributed by atoms with Crippen molar-refractivity contribution in [3.63, 3.8) is 0 Å². The van der Waals surface area contributed by atoms with Crippen LogP contribution in [0.15, 0.2) is 46.2 Å². The number of sulfone groups is 1. The molecular weight excluding hydrogens is 471 g/mol. The molecule has 0 radical (unpaired) electrons. The van der Waals surface area contributed by atoms with Gasteiger partial charge < -0.3 is 14.2 Å². The first-order chi connectivity index (χ1) is 14.2. The second-order valence-electron chi connectivity index (χ2n) is 7.13. The van der Waals surface area contributed by atoms with Crippen LogP contribution in [0.25, 0.3) is 0 Å². The normalized spacial score (nSPS) is 13.7. The third-order valence-electron chi connectivity index (χ3n) is 4.18. The van der Waals surface area contributed by atoms with Crippen LogP contribution in [-0.2, 0) is 14.6 Å². The van der Waals surface area contributed by atoms with E-state index in [2.05, 4.69) is 0 Å². The van der Waals surface area contributed by atoms with Crippen molar-refractivity contribution in [2.45, 2.75) is 23.6 Å². The molecule has 0 aliphatic carbocycles. The number of hydrogen-bond donors (Lipinski definition) is 0. The molecule has 2 aromatic carbocycles. The van der Waals surface area contributed by atoms with Crippen molar-refractivity contribution >= 4 is 44.6 Å². The van der Waals surface area contributed by atoms with Gasteiger partial charge in [0.05, 0.1) is 39.7 Å². The topological polar surface area (TPSA) is 61.8 Å². The quantitative estimate of drug-likeness (QED) is 0.372. The van der Waals surface area contributed by atoms with E-state index in [0.29, 0.717) is 31.5 Å². The van der Waals surface area contributed by atoms with Crippen LogP contribution < -0.4 is 9.47 Å². The van der Waals surface area contributed by atoms with Crippen LogP contribution in [-0.4, -0.2) is 41.2 Å². The lowest BCUT2D eigenvalue weighted by atomic mass is 10.2. The first-order valence-corrected chi connectivity index (χ1v) is 12.1. The van der Waals surface area contributed by atoms with E-state index in [1.165, 1.54) is 24.3 Å². The molecule has 0 aliphatic rings. The molecule has 0 amide bonds. The molecule has 5 nitrogen and oxygen atoms in total. The molecule has 0 heterocycles. The molecule has 9 heteroatoms. The van der Waals surface area contributed by atoms with E-state index in [0.717, 1.165) is 0 Å². The van der Waals surface area contributed by atoms with Crippen LogP contribution in [0.2, 0.25) is 10.0 Å². The maximum atomic E-state index is 13.0. The molecule has 0 aromatic heterocycles. The molecule has 2 atom stereocenters. The summed E-state index contributed by atoms with van der Waals surface area (Å²) < 4.78 is 42.3. The average molecular weight is 496 g/mol. The Balaban J connectivity index is 2.18. The van der Waals surface area contributed by atoms with Gasteiger partial charge in [-0.1, -0.05) is 37.0 Å². The Morgan fingerprint density at radius 3 is 1.97 bits per heavy atom. The third kappa shape index (κ3) is 6.66. The van der Waals surface area contributed by atoms with Crippen LogP contribution in [0.1, 0.15) is 13.8 Å². The monoisotopic (exact) mass is 494 g/mol. The highest BCUT2D eigenvalue weighted by Gasteiger charge is 2.22. The molecular formula is C21H25Cl3O5S. The van der Waals surface area contributed by atoms with Crippen LogP contribution in [0.5, 0.6) is 11.5 Å². The van der Waals surface area contributed by atoms with Crippen molar-refractivity contribution < 1.29 is 22.6 Å². The molecule has 0 N–H and O–H groups in total. The number of ether oxygens (including phenoxy) is 3. The summed E-state index contributed by atoms with van der Waals surface area (Å²) in [6, 6.07) is 8.86. The summed E-state index contributed by atoms with van der Waals surface area (Å²) in [7, 11) is -2.18. The molecule has 0 saturated heterocycles. The maximum absolute atomic E-state index is 13.0. The van der Waals surface area contributed by atoms with Gasteiger partial charge in [0.1, 0.15) is 5.75 Å². The Morgan fingerprint density at radius 2 is 1.43 bits per heavy atom. The number of rotatable bonds is 11. The lowest BCUT2D eigenvalue weighted by Crippen LogP contribution is -2.13. The Hall–Kier alpha value is -1.18. The predicted octanol–water partition coefficient (Wildman–Crippen LogP) is 5.74. The molecule has 2 aromatic rings. The minimum absolute atomic E-state index is 0.0161. The van der Waals surface area contributed by atoms with Gasteiger partial charge >= 0.3 is 0 Å². The number of halogens is 3. The van der Waals surface area contributed by atoms with Crippen molar-refractivity contribution in [2.24, 2.45) is 11.8 Å². The Morgan fingerprint density at radius 1 is 0.867 bits per heavy atom. The molecule has 30 heavy (non-hydrogen) atoms. The summed E-state index contributed by atoms with van der Waals surface area (Å²) in [5.74, 6) is 1.55. The maximum Gasteiger partial charge on any atom is 0.206 e. The minimum atomic E-state index is -3.81. The van der Waals surface area contributed by atoms with Crippen molar-refractivity contribution in [2.75, 3.05) is 32.8 Å². The van der Waals surface area contributed by atoms with Crippen molar-refractivity contribution in [3.8, 4) is 11.5 Å². The zero-order chi connectivity index (χ0) is 22.3. The van der Waals surface area contributed by atoms with E-state index >= 15 is 0 Å². The fourth-order valence-corrected chi connectivity index (χ4v) is 4.65. The zero-order valence-electron chi connectivity index (χ0n) is 17.0. The molecule has 0 spiro atoms. The number of alkyl halides is 1. The Kier molecular flexibility index (Phi) is 9.57. The molecule has 0 fully saturated rings. The SMILES string of the molecule is COC[C@@H](C)COc1ccc(S(=O)(=O)c2cc(Cl)c(OC[C@@H](C)CCl)c(Cl)c2)cc1. The fourth-order valence-electron chi connectivity index (χ4n) is 2.52. The largest absolute Gasteiger partial charge is 0.493 e. The summed E-state index contributed by atoms with van der Waals surface area (Å²) in [5.41, 5.74) is 0. The second kappa shape index (κ2) is 11.4. The summed E-state index contributed by atoms with van der Waals surface area (Å²) in [6.45, 7) is 5.28. The van der Waals surface area contributed by atoms with Gasteiger partial charge in [0, 0.05) is 24.8 Å². The van der Waals surface area contributed by atoms with Gasteiger partial charge in [-0.05, 0) is 36.4 Å². The summed E-state index contributed by atoms with van der Waals surface area (Å²) >= 11 is 18.3. The summed E-state index contributed by atoms with van der Waals surface area (Å²) in [6.07, 6.45) is 0. The summed E-state index contributed by atoms with van der Waals surface area (Å²) in [5, 5.41) is 0.241. The average Bonchev–Trinajstić information content (AvgIpc) is 2.71. The lowest BCUT2D eigenvalue weighted by Gasteiger charge is -2.15. The highest BCUT2D eigenvalue weighted by Crippen LogP contribution is 2.37. The van der Waals surface area contributed by atoms with Crippen molar-refractivity contribution in [1.29, 1.82) is 0 Å². The fraction of sp³-hybridized carbons (Fsp3) is 0.429. The second-order valence-corrected chi connectivity index (χ2v) is 10.2. The van der Waals surface area contributed by atoms with Crippen LogP contribution in [0.4, 0.5) is 0 Å². The van der Waals surface area contributed by atoms with Gasteiger partial charge in [-0.2, -0.15) is 0 Å². The van der Waals surface area contributed by atoms with Gasteiger partial charge in [-0.15, -0.1) is 11.6 Å². The first-order valence-electron chi connectivity index (χ1n) is 9.33. The Labute approximate surface area is 193 Å². The molecule has 166 valence electrons. The van der Waals surface area contributed by atoms with E-state index in [-0.39, 0.29) is 37.4 Å². The number of benzene rings is 2. The van der Waals surface area contributed by atoms with E-state index in [1.54, 1.807) is 19.2 Å².